The third kappa shape index (κ3) is 4.02. The molecule has 2 saturated carbocycles. The summed E-state index contributed by atoms with van der Waals surface area (Å²) in [6.45, 7) is 4.23. The van der Waals surface area contributed by atoms with E-state index in [4.69, 9.17) is 11.6 Å². The van der Waals surface area contributed by atoms with Crippen LogP contribution in [-0.2, 0) is 16.3 Å². The molecule has 150 valence electrons. The Labute approximate surface area is 174 Å². The van der Waals surface area contributed by atoms with Gasteiger partial charge in [0.1, 0.15) is 0 Å². The van der Waals surface area contributed by atoms with Crippen molar-refractivity contribution >= 4 is 21.4 Å². The van der Waals surface area contributed by atoms with Gasteiger partial charge in [-0.2, -0.15) is 0 Å². The number of hydrogen-bond acceptors (Lipinski definition) is 2. The average Bonchev–Trinajstić information content (AvgIpc) is 2.60. The molecule has 0 amide bonds. The lowest BCUT2D eigenvalue weighted by molar-refractivity contribution is 0.103. The van der Waals surface area contributed by atoms with Gasteiger partial charge in [-0.3, -0.25) is 0 Å². The second kappa shape index (κ2) is 7.84. The maximum Gasteiger partial charge on any atom is 0.207 e. The van der Waals surface area contributed by atoms with Crippen molar-refractivity contribution in [3.63, 3.8) is 0 Å². The van der Waals surface area contributed by atoms with Gasteiger partial charge in [-0.05, 0) is 105 Å². The van der Waals surface area contributed by atoms with Crippen LogP contribution in [0.4, 0.5) is 0 Å². The maximum atomic E-state index is 13.4. The van der Waals surface area contributed by atoms with Gasteiger partial charge in [0.05, 0.1) is 9.79 Å². The lowest BCUT2D eigenvalue weighted by Crippen LogP contribution is -2.31. The molecule has 2 aromatic carbocycles. The fourth-order valence-electron chi connectivity index (χ4n) is 5.75. The van der Waals surface area contributed by atoms with E-state index in [0.29, 0.717) is 20.7 Å². The molecule has 4 rings (SSSR count). The minimum Gasteiger partial charge on any atom is -0.218 e. The van der Waals surface area contributed by atoms with Crippen LogP contribution in [-0.4, -0.2) is 8.42 Å². The molecule has 2 aliphatic carbocycles. The third-order valence-corrected chi connectivity index (χ3v) is 8.92. The zero-order chi connectivity index (χ0) is 19.9. The Morgan fingerprint density at radius 3 is 2.29 bits per heavy atom. The monoisotopic (exact) mass is 416 g/mol. The molecule has 4 atom stereocenters. The SMILES string of the molecule is Cc1ccccc1S(=O)(=O)c1ccc(Cl)cc1CC1C[C@H]2CC(C)C[C@@H](C1)C2. The second-order valence-electron chi connectivity index (χ2n) is 9.11. The standard InChI is InChI=1S/C24H29ClO2S/c1-16-9-18-11-19(10-16)13-20(12-18)14-21-15-22(25)7-8-24(21)28(26,27)23-6-4-3-5-17(23)2/h3-8,15-16,18-20H,9-14H2,1-2H3/t16?,18-,19+,20?. The highest BCUT2D eigenvalue weighted by molar-refractivity contribution is 7.91. The van der Waals surface area contributed by atoms with Crippen molar-refractivity contribution in [3.05, 3.63) is 58.6 Å². The second-order valence-corrected chi connectivity index (χ2v) is 11.4. The van der Waals surface area contributed by atoms with Crippen LogP contribution in [0.5, 0.6) is 0 Å². The molecule has 0 heterocycles. The van der Waals surface area contributed by atoms with Crippen LogP contribution in [0.25, 0.3) is 0 Å². The van der Waals surface area contributed by atoms with Gasteiger partial charge < -0.3 is 0 Å². The zero-order valence-corrected chi connectivity index (χ0v) is 18.3. The van der Waals surface area contributed by atoms with Gasteiger partial charge in [-0.25, -0.2) is 8.42 Å². The van der Waals surface area contributed by atoms with Gasteiger partial charge in [0.15, 0.2) is 0 Å². The Kier molecular flexibility index (Phi) is 5.59. The van der Waals surface area contributed by atoms with E-state index in [1.54, 1.807) is 24.3 Å². The van der Waals surface area contributed by atoms with E-state index in [1.807, 2.05) is 25.1 Å². The minimum atomic E-state index is -3.55. The van der Waals surface area contributed by atoms with Crippen molar-refractivity contribution in [2.24, 2.45) is 23.7 Å². The number of fused-ring (bicyclic) bond motifs is 2. The molecule has 2 aromatic rings. The Bertz CT molecular complexity index is 948. The maximum absolute atomic E-state index is 13.4. The molecule has 0 aromatic heterocycles. The number of aryl methyl sites for hydroxylation is 1. The summed E-state index contributed by atoms with van der Waals surface area (Å²) in [4.78, 5) is 0.822. The van der Waals surface area contributed by atoms with Crippen molar-refractivity contribution in [2.75, 3.05) is 0 Å². The molecule has 0 aliphatic heterocycles. The molecule has 0 spiro atoms. The molecular weight excluding hydrogens is 388 g/mol. The van der Waals surface area contributed by atoms with E-state index in [0.717, 1.165) is 35.3 Å². The lowest BCUT2D eigenvalue weighted by atomic mass is 9.64. The van der Waals surface area contributed by atoms with Crippen molar-refractivity contribution in [3.8, 4) is 0 Å². The van der Waals surface area contributed by atoms with Crippen LogP contribution < -0.4 is 0 Å². The normalized spacial score (nSPS) is 27.5. The van der Waals surface area contributed by atoms with Crippen LogP contribution in [0.15, 0.2) is 52.3 Å². The summed E-state index contributed by atoms with van der Waals surface area (Å²) in [7, 11) is -3.55. The van der Waals surface area contributed by atoms with Gasteiger partial charge in [-0.1, -0.05) is 36.7 Å². The molecule has 2 aliphatic rings. The highest BCUT2D eigenvalue weighted by Crippen LogP contribution is 2.46. The molecule has 2 bridgehead atoms. The Morgan fingerprint density at radius 2 is 1.61 bits per heavy atom. The Morgan fingerprint density at radius 1 is 0.929 bits per heavy atom. The molecule has 0 saturated heterocycles. The molecular formula is C24H29ClO2S. The fraction of sp³-hybridized carbons (Fsp3) is 0.500. The van der Waals surface area contributed by atoms with Crippen LogP contribution >= 0.6 is 11.6 Å². The van der Waals surface area contributed by atoms with E-state index in [9.17, 15) is 8.42 Å². The first-order valence-corrected chi connectivity index (χ1v) is 12.3. The van der Waals surface area contributed by atoms with E-state index < -0.39 is 9.84 Å². The highest BCUT2D eigenvalue weighted by Gasteiger charge is 2.35. The molecule has 0 radical (unpaired) electrons. The van der Waals surface area contributed by atoms with Crippen molar-refractivity contribution in [2.45, 2.75) is 62.2 Å². The lowest BCUT2D eigenvalue weighted by Gasteiger charge is -2.42. The van der Waals surface area contributed by atoms with Crippen LogP contribution in [0, 0.1) is 30.6 Å². The first-order valence-electron chi connectivity index (χ1n) is 10.4. The van der Waals surface area contributed by atoms with Crippen LogP contribution in [0.2, 0.25) is 5.02 Å². The summed E-state index contributed by atoms with van der Waals surface area (Å²) in [5.41, 5.74) is 1.67. The minimum absolute atomic E-state index is 0.396. The summed E-state index contributed by atoms with van der Waals surface area (Å²) in [6.07, 6.45) is 7.27. The first-order chi connectivity index (χ1) is 13.3. The summed E-state index contributed by atoms with van der Waals surface area (Å²) in [5, 5.41) is 0.614. The van der Waals surface area contributed by atoms with Crippen molar-refractivity contribution in [1.82, 2.24) is 0 Å². The van der Waals surface area contributed by atoms with Crippen LogP contribution in [0.1, 0.15) is 50.2 Å². The Hall–Kier alpha value is -1.32. The zero-order valence-electron chi connectivity index (χ0n) is 16.7. The smallest absolute Gasteiger partial charge is 0.207 e. The van der Waals surface area contributed by atoms with Gasteiger partial charge in [0.2, 0.25) is 9.84 Å². The van der Waals surface area contributed by atoms with Crippen molar-refractivity contribution < 1.29 is 8.42 Å². The quantitative estimate of drug-likeness (QED) is 0.571. The average molecular weight is 417 g/mol. The molecule has 4 heteroatoms. The first kappa shape index (κ1) is 20.0. The summed E-state index contributed by atoms with van der Waals surface area (Å²) < 4.78 is 26.8. The van der Waals surface area contributed by atoms with Gasteiger partial charge >= 0.3 is 0 Å². The largest absolute Gasteiger partial charge is 0.218 e. The van der Waals surface area contributed by atoms with Gasteiger partial charge in [0, 0.05) is 5.02 Å². The third-order valence-electron chi connectivity index (χ3n) is 6.68. The number of halogens is 1. The molecule has 0 N–H and O–H groups in total. The molecule has 28 heavy (non-hydrogen) atoms. The van der Waals surface area contributed by atoms with Crippen molar-refractivity contribution in [1.29, 1.82) is 0 Å². The number of sulfone groups is 1. The molecule has 2 unspecified atom stereocenters. The topological polar surface area (TPSA) is 34.1 Å². The summed E-state index contributed by atoms with van der Waals surface area (Å²) in [6, 6.07) is 12.5. The van der Waals surface area contributed by atoms with E-state index in [1.165, 1.54) is 32.1 Å². The number of rotatable bonds is 4. The Balaban J connectivity index is 1.66. The highest BCUT2D eigenvalue weighted by atomic mass is 35.5. The molecule has 2 nitrogen and oxygen atoms in total. The van der Waals surface area contributed by atoms with E-state index in [-0.39, 0.29) is 0 Å². The predicted molar refractivity (Wildman–Crippen MR) is 115 cm³/mol. The number of hydrogen-bond donors (Lipinski definition) is 0. The van der Waals surface area contributed by atoms with E-state index >= 15 is 0 Å². The molecule has 2 fully saturated rings. The van der Waals surface area contributed by atoms with Gasteiger partial charge in [0.25, 0.3) is 0 Å². The van der Waals surface area contributed by atoms with Gasteiger partial charge in [-0.15, -0.1) is 0 Å². The summed E-state index contributed by atoms with van der Waals surface area (Å²) >= 11 is 6.28. The predicted octanol–water partition coefficient (Wildman–Crippen LogP) is 6.49. The number of benzene rings is 2. The van der Waals surface area contributed by atoms with Crippen LogP contribution in [0.3, 0.4) is 0 Å². The summed E-state index contributed by atoms with van der Waals surface area (Å²) in [5.74, 6) is 3.01. The van der Waals surface area contributed by atoms with E-state index in [2.05, 4.69) is 6.92 Å². The fourth-order valence-corrected chi connectivity index (χ4v) is 7.66.